The maximum Gasteiger partial charge on any atom is 0.308 e. The largest absolute Gasteiger partial charge is 0.481 e. The summed E-state index contributed by atoms with van der Waals surface area (Å²) in [5.41, 5.74) is 0. The topological polar surface area (TPSA) is 54.4 Å². The third kappa shape index (κ3) is 3.72. The number of aliphatic carboxylic acids is 1. The molecule has 2 atom stereocenters. The molecule has 0 radical (unpaired) electrons. The molecule has 1 N–H and O–H groups in total. The quantitative estimate of drug-likeness (QED) is 0.531. The molecule has 0 rings (SSSR count). The second-order valence-corrected chi connectivity index (χ2v) is 3.66. The van der Waals surface area contributed by atoms with Crippen LogP contribution in [-0.4, -0.2) is 22.7 Å². The first-order chi connectivity index (χ1) is 5.49. The minimum atomic E-state index is -1.00. The van der Waals surface area contributed by atoms with Crippen molar-refractivity contribution in [2.75, 3.05) is 0 Å². The molecule has 0 bridgehead atoms. The zero-order valence-corrected chi connectivity index (χ0v) is 7.91. The van der Waals surface area contributed by atoms with E-state index in [1.54, 1.807) is 0 Å². The number of carbonyl (C=O) groups excluding carboxylic acids is 1. The Balaban J connectivity index is 4.22. The third-order valence-corrected chi connectivity index (χ3v) is 1.96. The summed E-state index contributed by atoms with van der Waals surface area (Å²) >= 11 is 5.52. The van der Waals surface area contributed by atoms with E-state index in [-0.39, 0.29) is 5.92 Å². The van der Waals surface area contributed by atoms with Crippen LogP contribution in [0, 0.1) is 11.8 Å². The Morgan fingerprint density at radius 3 is 2.33 bits per heavy atom. The summed E-state index contributed by atoms with van der Waals surface area (Å²) in [5.74, 6) is -1.53. The van der Waals surface area contributed by atoms with Gasteiger partial charge in [0.2, 0.25) is 0 Å². The lowest BCUT2D eigenvalue weighted by atomic mass is 9.94. The van der Waals surface area contributed by atoms with Gasteiger partial charge in [0.25, 0.3) is 0 Å². The van der Waals surface area contributed by atoms with Crippen molar-refractivity contribution in [3.8, 4) is 0 Å². The van der Waals surface area contributed by atoms with Gasteiger partial charge in [-0.2, -0.15) is 0 Å². The lowest BCUT2D eigenvalue weighted by Gasteiger charge is -2.15. The summed E-state index contributed by atoms with van der Waals surface area (Å²) in [4.78, 5) is 20.8. The van der Waals surface area contributed by atoms with Gasteiger partial charge in [0, 0.05) is 0 Å². The minimum absolute atomic E-state index is 0.229. The molecule has 0 saturated carbocycles. The summed E-state index contributed by atoms with van der Waals surface area (Å²) in [6.45, 7) is 3.79. The summed E-state index contributed by atoms with van der Waals surface area (Å²) in [7, 11) is 0. The highest BCUT2D eigenvalue weighted by molar-refractivity contribution is 6.28. The van der Waals surface area contributed by atoms with Crippen LogP contribution in [0.3, 0.4) is 0 Å². The average Bonchev–Trinajstić information content (AvgIpc) is 1.98. The minimum Gasteiger partial charge on any atom is -0.481 e. The van der Waals surface area contributed by atoms with E-state index < -0.39 is 17.3 Å². The van der Waals surface area contributed by atoms with Crippen LogP contribution < -0.4 is 0 Å². The van der Waals surface area contributed by atoms with Crippen molar-refractivity contribution in [3.63, 3.8) is 0 Å². The Morgan fingerprint density at radius 1 is 1.58 bits per heavy atom. The van der Waals surface area contributed by atoms with Gasteiger partial charge >= 0.3 is 5.97 Å². The van der Waals surface area contributed by atoms with Crippen molar-refractivity contribution in [2.45, 2.75) is 25.6 Å². The smallest absolute Gasteiger partial charge is 0.308 e. The number of carboxylic acid groups (broad SMARTS) is 1. The highest BCUT2D eigenvalue weighted by atomic mass is 35.5. The molecule has 0 saturated heterocycles. The third-order valence-electron chi connectivity index (χ3n) is 1.56. The molecule has 0 aromatic heterocycles. The summed E-state index contributed by atoms with van der Waals surface area (Å²) in [6, 6.07) is 0. The van der Waals surface area contributed by atoms with Crippen LogP contribution in [0.15, 0.2) is 0 Å². The fraction of sp³-hybridized carbons (Fsp3) is 0.750. The molecular weight excluding hydrogens is 180 g/mol. The molecule has 3 nitrogen and oxygen atoms in total. The molecule has 0 heterocycles. The van der Waals surface area contributed by atoms with Gasteiger partial charge in [0.1, 0.15) is 11.7 Å². The first kappa shape index (κ1) is 11.4. The van der Waals surface area contributed by atoms with Crippen molar-refractivity contribution in [1.29, 1.82) is 0 Å². The fourth-order valence-electron chi connectivity index (χ4n) is 0.970. The van der Waals surface area contributed by atoms with Gasteiger partial charge in [0.05, 0.1) is 5.92 Å². The van der Waals surface area contributed by atoms with Crippen molar-refractivity contribution in [1.82, 2.24) is 0 Å². The molecule has 0 aliphatic carbocycles. The van der Waals surface area contributed by atoms with Crippen LogP contribution >= 0.6 is 11.6 Å². The van der Waals surface area contributed by atoms with Crippen molar-refractivity contribution in [3.05, 3.63) is 0 Å². The lowest BCUT2D eigenvalue weighted by Crippen LogP contribution is -2.26. The molecular formula is C8H13ClO3. The molecule has 1 unspecified atom stereocenters. The Hall–Kier alpha value is -0.570. The van der Waals surface area contributed by atoms with Crippen molar-refractivity contribution < 1.29 is 14.7 Å². The number of alkyl halides is 1. The van der Waals surface area contributed by atoms with Crippen LogP contribution in [0.2, 0.25) is 0 Å². The van der Waals surface area contributed by atoms with E-state index in [4.69, 9.17) is 16.7 Å². The molecule has 0 spiro atoms. The molecule has 0 aromatic rings. The number of carboxylic acids is 1. The van der Waals surface area contributed by atoms with Crippen molar-refractivity contribution in [2.24, 2.45) is 11.8 Å². The van der Waals surface area contributed by atoms with E-state index in [1.165, 1.54) is 0 Å². The van der Waals surface area contributed by atoms with E-state index in [0.29, 0.717) is 12.7 Å². The molecule has 0 aromatic carbocycles. The van der Waals surface area contributed by atoms with E-state index in [9.17, 15) is 9.59 Å². The number of hydrogen-bond donors (Lipinski definition) is 1. The standard InChI is InChI=1S/C8H13ClO3/c1-5(2)3-6(8(11)12)7(9)4-10/h4-7H,3H2,1-2H3,(H,11,12)/t6-,7?/m0/s1. The zero-order chi connectivity index (χ0) is 9.72. The van der Waals surface area contributed by atoms with Gasteiger partial charge in [-0.25, -0.2) is 0 Å². The molecule has 4 heteroatoms. The molecule has 70 valence electrons. The lowest BCUT2D eigenvalue weighted by molar-refractivity contribution is -0.143. The van der Waals surface area contributed by atoms with Crippen LogP contribution in [0.4, 0.5) is 0 Å². The SMILES string of the molecule is CC(C)C[C@H](C(=O)O)C(Cl)C=O. The van der Waals surface area contributed by atoms with Gasteiger partial charge in [-0.1, -0.05) is 13.8 Å². The normalized spacial score (nSPS) is 15.7. The highest BCUT2D eigenvalue weighted by Crippen LogP contribution is 2.18. The second kappa shape index (κ2) is 5.14. The van der Waals surface area contributed by atoms with Crippen LogP contribution in [0.25, 0.3) is 0 Å². The molecule has 0 aliphatic heterocycles. The maximum atomic E-state index is 10.6. The Bertz CT molecular complexity index is 168. The van der Waals surface area contributed by atoms with E-state index in [2.05, 4.69) is 0 Å². The van der Waals surface area contributed by atoms with Gasteiger partial charge in [0.15, 0.2) is 0 Å². The molecule has 12 heavy (non-hydrogen) atoms. The van der Waals surface area contributed by atoms with E-state index >= 15 is 0 Å². The first-order valence-corrected chi connectivity index (χ1v) is 4.24. The van der Waals surface area contributed by atoms with Crippen molar-refractivity contribution >= 4 is 23.9 Å². The maximum absolute atomic E-state index is 10.6. The second-order valence-electron chi connectivity index (χ2n) is 3.15. The van der Waals surface area contributed by atoms with Gasteiger partial charge in [-0.05, 0) is 12.3 Å². The van der Waals surface area contributed by atoms with Crippen LogP contribution in [-0.2, 0) is 9.59 Å². The zero-order valence-electron chi connectivity index (χ0n) is 7.16. The average molecular weight is 193 g/mol. The molecule has 0 fully saturated rings. The first-order valence-electron chi connectivity index (χ1n) is 3.81. The molecule has 0 amide bonds. The van der Waals surface area contributed by atoms with Gasteiger partial charge in [-0.15, -0.1) is 11.6 Å². The Morgan fingerprint density at radius 2 is 2.08 bits per heavy atom. The number of hydrogen-bond acceptors (Lipinski definition) is 2. The predicted octanol–water partition coefficient (Wildman–Crippen LogP) is 1.54. The highest BCUT2D eigenvalue weighted by Gasteiger charge is 2.26. The predicted molar refractivity (Wildman–Crippen MR) is 46.3 cm³/mol. The summed E-state index contributed by atoms with van der Waals surface area (Å²) < 4.78 is 0. The summed E-state index contributed by atoms with van der Waals surface area (Å²) in [6.07, 6.45) is 0.908. The molecule has 0 aliphatic rings. The van der Waals surface area contributed by atoms with E-state index in [0.717, 1.165) is 0 Å². The monoisotopic (exact) mass is 192 g/mol. The van der Waals surface area contributed by atoms with Crippen LogP contribution in [0.1, 0.15) is 20.3 Å². The fourth-order valence-corrected chi connectivity index (χ4v) is 1.18. The van der Waals surface area contributed by atoms with E-state index in [1.807, 2.05) is 13.8 Å². The van der Waals surface area contributed by atoms with Gasteiger partial charge < -0.3 is 9.90 Å². The summed E-state index contributed by atoms with van der Waals surface area (Å²) in [5, 5.41) is 7.77. The van der Waals surface area contributed by atoms with Crippen LogP contribution in [0.5, 0.6) is 0 Å². The van der Waals surface area contributed by atoms with Gasteiger partial charge in [-0.3, -0.25) is 4.79 Å². The number of halogens is 1. The number of aldehydes is 1. The number of rotatable bonds is 5. The Labute approximate surface area is 76.7 Å². The Kier molecular flexibility index (Phi) is 4.90. The number of carbonyl (C=O) groups is 2.